The second-order valence-electron chi connectivity index (χ2n) is 7.36. The quantitative estimate of drug-likeness (QED) is 0.675. The first-order chi connectivity index (χ1) is 14.3. The number of hydrogen-bond donors (Lipinski definition) is 1. The molecule has 0 bridgehead atoms. The molecular formula is C23H22N4O3. The minimum absolute atomic E-state index is 0. The van der Waals surface area contributed by atoms with Crippen molar-refractivity contribution in [2.75, 3.05) is 12.4 Å². The highest BCUT2D eigenvalue weighted by molar-refractivity contribution is 6.22. The van der Waals surface area contributed by atoms with Crippen molar-refractivity contribution in [2.24, 2.45) is 0 Å². The molecule has 3 amide bonds. The van der Waals surface area contributed by atoms with Crippen LogP contribution in [0.1, 0.15) is 38.8 Å². The molecule has 152 valence electrons. The number of rotatable bonds is 4. The normalized spacial score (nSPS) is 12.8. The summed E-state index contributed by atoms with van der Waals surface area (Å²) in [5, 5.41) is 2.76. The van der Waals surface area contributed by atoms with Crippen LogP contribution in [0, 0.1) is 13.8 Å². The molecule has 0 saturated carbocycles. The van der Waals surface area contributed by atoms with Gasteiger partial charge in [-0.05, 0) is 54.8 Å². The molecule has 4 rings (SSSR count). The van der Waals surface area contributed by atoms with Gasteiger partial charge < -0.3 is 5.32 Å². The zero-order valence-corrected chi connectivity index (χ0v) is 16.9. The van der Waals surface area contributed by atoms with Crippen LogP contribution < -0.4 is 5.32 Å². The van der Waals surface area contributed by atoms with E-state index in [0.29, 0.717) is 22.5 Å². The highest BCUT2D eigenvalue weighted by Gasteiger charge is 2.35. The van der Waals surface area contributed by atoms with Crippen LogP contribution >= 0.6 is 0 Å². The number of carbonyl (C=O) groups is 3. The average molecular weight is 402 g/mol. The van der Waals surface area contributed by atoms with Gasteiger partial charge in [0.05, 0.1) is 17.5 Å². The molecule has 0 atom stereocenters. The van der Waals surface area contributed by atoms with Gasteiger partial charge in [0.1, 0.15) is 5.82 Å². The molecular weight excluding hydrogens is 380 g/mol. The number of nitrogens with one attached hydrogen (secondary N) is 1. The molecule has 1 aliphatic rings. The number of fused-ring (bicyclic) bond motifs is 1. The van der Waals surface area contributed by atoms with Crippen LogP contribution in [0.3, 0.4) is 0 Å². The second kappa shape index (κ2) is 7.51. The summed E-state index contributed by atoms with van der Waals surface area (Å²) < 4.78 is 0. The third kappa shape index (κ3) is 3.45. The predicted molar refractivity (Wildman–Crippen MR) is 114 cm³/mol. The fourth-order valence-corrected chi connectivity index (χ4v) is 3.62. The molecule has 0 saturated heterocycles. The van der Waals surface area contributed by atoms with E-state index in [1.165, 1.54) is 7.05 Å². The van der Waals surface area contributed by atoms with Crippen molar-refractivity contribution in [1.29, 1.82) is 0 Å². The summed E-state index contributed by atoms with van der Waals surface area (Å²) in [6.07, 6.45) is 5.17. The van der Waals surface area contributed by atoms with E-state index < -0.39 is 0 Å². The Kier molecular flexibility index (Phi) is 4.87. The lowest BCUT2D eigenvalue weighted by Gasteiger charge is -2.10. The predicted octanol–water partition coefficient (Wildman–Crippen LogP) is 3.41. The number of benzene rings is 1. The summed E-state index contributed by atoms with van der Waals surface area (Å²) in [6, 6.07) is 8.97. The smallest absolute Gasteiger partial charge is 0.261 e. The lowest BCUT2D eigenvalue weighted by Crippen LogP contribution is -2.24. The van der Waals surface area contributed by atoms with Gasteiger partial charge >= 0.3 is 0 Å². The first kappa shape index (κ1) is 19.4. The van der Waals surface area contributed by atoms with Gasteiger partial charge in [0.15, 0.2) is 0 Å². The van der Waals surface area contributed by atoms with Gasteiger partial charge in [-0.25, -0.2) is 4.98 Å². The fraction of sp³-hybridized carbons (Fsp3) is 0.174. The standard InChI is InChI=1S/C23H20N4O3.H2/c1-13-8-16(21-17(9-13)22(29)27(3)23(21)30)10-20(28)26-19-5-4-15(11-25-19)18-12-24-7-6-14(18)2;/h4-9,11-12H,10H2,1-3H3,(H,25,26,28);1H. The molecule has 0 aliphatic carbocycles. The zero-order valence-electron chi connectivity index (χ0n) is 16.9. The van der Waals surface area contributed by atoms with Crippen molar-refractivity contribution >= 4 is 23.5 Å². The van der Waals surface area contributed by atoms with Gasteiger partial charge in [0.25, 0.3) is 11.8 Å². The Bertz CT molecular complexity index is 1190. The van der Waals surface area contributed by atoms with Crippen molar-refractivity contribution in [3.63, 3.8) is 0 Å². The SMILES string of the molecule is Cc1cc(CC(=O)Nc2ccc(-c3cnccc3C)cn2)c2c(c1)C(=O)N(C)C2=O.[HH]. The highest BCUT2D eigenvalue weighted by atomic mass is 16.2. The van der Waals surface area contributed by atoms with Crippen molar-refractivity contribution in [3.8, 4) is 11.1 Å². The Morgan fingerprint density at radius 1 is 1.07 bits per heavy atom. The summed E-state index contributed by atoms with van der Waals surface area (Å²) in [6.45, 7) is 3.83. The van der Waals surface area contributed by atoms with Crippen LogP contribution in [-0.4, -0.2) is 39.6 Å². The molecule has 0 spiro atoms. The number of pyridine rings is 2. The first-order valence-electron chi connectivity index (χ1n) is 9.48. The van der Waals surface area contributed by atoms with E-state index in [1.54, 1.807) is 36.8 Å². The van der Waals surface area contributed by atoms with E-state index in [2.05, 4.69) is 15.3 Å². The van der Waals surface area contributed by atoms with Crippen molar-refractivity contribution in [3.05, 3.63) is 76.7 Å². The average Bonchev–Trinajstić information content (AvgIpc) is 2.93. The molecule has 3 heterocycles. The summed E-state index contributed by atoms with van der Waals surface area (Å²) in [5.74, 6) is -0.625. The maximum Gasteiger partial charge on any atom is 0.261 e. The maximum atomic E-state index is 12.6. The zero-order chi connectivity index (χ0) is 21.4. The molecule has 1 aromatic carbocycles. The summed E-state index contributed by atoms with van der Waals surface area (Å²) in [5.41, 5.74) is 4.97. The van der Waals surface area contributed by atoms with Gasteiger partial charge in [0, 0.05) is 38.2 Å². The number of amides is 3. The van der Waals surface area contributed by atoms with Crippen molar-refractivity contribution in [2.45, 2.75) is 20.3 Å². The van der Waals surface area contributed by atoms with E-state index in [1.807, 2.05) is 26.0 Å². The monoisotopic (exact) mass is 402 g/mol. The Balaban J connectivity index is 0.00000272. The largest absolute Gasteiger partial charge is 0.310 e. The molecule has 3 aromatic rings. The Labute approximate surface area is 175 Å². The van der Waals surface area contributed by atoms with Gasteiger partial charge in [0.2, 0.25) is 5.91 Å². The molecule has 0 fully saturated rings. The summed E-state index contributed by atoms with van der Waals surface area (Å²) in [4.78, 5) is 46.8. The molecule has 1 aliphatic heterocycles. The third-order valence-corrected chi connectivity index (χ3v) is 5.15. The van der Waals surface area contributed by atoms with Crippen molar-refractivity contribution in [1.82, 2.24) is 14.9 Å². The number of nitrogens with zero attached hydrogens (tertiary/aromatic N) is 3. The van der Waals surface area contributed by atoms with E-state index in [9.17, 15) is 14.4 Å². The number of imide groups is 1. The highest BCUT2D eigenvalue weighted by Crippen LogP contribution is 2.27. The van der Waals surface area contributed by atoms with Crippen LogP contribution in [0.2, 0.25) is 0 Å². The van der Waals surface area contributed by atoms with Crippen LogP contribution in [0.25, 0.3) is 11.1 Å². The lowest BCUT2D eigenvalue weighted by atomic mass is 9.97. The van der Waals surface area contributed by atoms with Gasteiger partial charge in [-0.15, -0.1) is 0 Å². The Morgan fingerprint density at radius 2 is 1.87 bits per heavy atom. The minimum atomic E-state index is -0.382. The van der Waals surface area contributed by atoms with Crippen LogP contribution in [0.15, 0.2) is 48.9 Å². The van der Waals surface area contributed by atoms with Gasteiger partial charge in [-0.3, -0.25) is 24.3 Å². The second-order valence-corrected chi connectivity index (χ2v) is 7.36. The number of hydrogen-bond acceptors (Lipinski definition) is 5. The van der Waals surface area contributed by atoms with Gasteiger partial charge in [-0.1, -0.05) is 6.07 Å². The van der Waals surface area contributed by atoms with E-state index in [0.717, 1.165) is 27.2 Å². The van der Waals surface area contributed by atoms with Crippen LogP contribution in [0.5, 0.6) is 0 Å². The molecule has 30 heavy (non-hydrogen) atoms. The third-order valence-electron chi connectivity index (χ3n) is 5.15. The maximum absolute atomic E-state index is 12.6. The fourth-order valence-electron chi connectivity index (χ4n) is 3.62. The number of aromatic nitrogens is 2. The lowest BCUT2D eigenvalue weighted by molar-refractivity contribution is -0.115. The Hall–Kier alpha value is -3.87. The van der Waals surface area contributed by atoms with Crippen LogP contribution in [0.4, 0.5) is 5.82 Å². The number of anilines is 1. The summed E-state index contributed by atoms with van der Waals surface area (Å²) >= 11 is 0. The molecule has 7 heteroatoms. The number of aryl methyl sites for hydroxylation is 2. The first-order valence-corrected chi connectivity index (χ1v) is 9.48. The molecule has 0 radical (unpaired) electrons. The topological polar surface area (TPSA) is 92.3 Å². The minimum Gasteiger partial charge on any atom is -0.310 e. The number of carbonyl (C=O) groups excluding carboxylic acids is 3. The molecule has 1 N–H and O–H groups in total. The summed E-state index contributed by atoms with van der Waals surface area (Å²) in [7, 11) is 1.44. The Morgan fingerprint density at radius 3 is 2.57 bits per heavy atom. The van der Waals surface area contributed by atoms with Gasteiger partial charge in [-0.2, -0.15) is 0 Å². The van der Waals surface area contributed by atoms with E-state index >= 15 is 0 Å². The molecule has 2 aromatic heterocycles. The van der Waals surface area contributed by atoms with Crippen molar-refractivity contribution < 1.29 is 15.8 Å². The van der Waals surface area contributed by atoms with E-state index in [-0.39, 0.29) is 25.6 Å². The van der Waals surface area contributed by atoms with E-state index in [4.69, 9.17) is 0 Å². The molecule has 0 unspecified atom stereocenters. The van der Waals surface area contributed by atoms with Crippen LogP contribution in [-0.2, 0) is 11.2 Å². The molecule has 7 nitrogen and oxygen atoms in total.